The van der Waals surface area contributed by atoms with Crippen LogP contribution in [-0.4, -0.2) is 47.5 Å². The number of carbonyl (C=O) groups excluding carboxylic acids is 3. The first-order valence-corrected chi connectivity index (χ1v) is 10.1. The maximum Gasteiger partial charge on any atom is 0.357 e. The van der Waals surface area contributed by atoms with Crippen LogP contribution in [0.2, 0.25) is 0 Å². The van der Waals surface area contributed by atoms with E-state index >= 15 is 8.78 Å². The Morgan fingerprint density at radius 3 is 1.94 bits per heavy atom. The molecule has 34 heavy (non-hydrogen) atoms. The van der Waals surface area contributed by atoms with E-state index in [2.05, 4.69) is 5.10 Å². The molecule has 0 aliphatic carbocycles. The quantitative estimate of drug-likeness (QED) is 0.402. The Kier molecular flexibility index (Phi) is 6.80. The van der Waals surface area contributed by atoms with Gasteiger partial charge in [0.15, 0.2) is 5.69 Å². The van der Waals surface area contributed by atoms with Gasteiger partial charge in [-0.25, -0.2) is 27.8 Å². The first kappa shape index (κ1) is 24.6. The molecule has 0 saturated carbocycles. The second-order valence-corrected chi connectivity index (χ2v) is 8.12. The molecule has 3 rings (SSSR count). The number of ether oxygens (including phenoxy) is 3. The number of benzene rings is 2. The third kappa shape index (κ3) is 4.80. The normalized spacial score (nSPS) is 11.1. The minimum Gasteiger partial charge on any atom is -0.465 e. The summed E-state index contributed by atoms with van der Waals surface area (Å²) >= 11 is 0. The first-order valence-electron chi connectivity index (χ1n) is 10.1. The number of aromatic nitrogens is 2. The standard InChI is InChI=1S/C24H22F2N2O6/c1-24(2,3)34-21(29)13-11-15(25)17(16(26)12-13)19-18(22(30)32-4)20(23(31)33-5)28(27-19)14-9-7-6-8-10-14/h6-12H,1-5H3. The monoisotopic (exact) mass is 472 g/mol. The highest BCUT2D eigenvalue weighted by molar-refractivity contribution is 6.07. The van der Waals surface area contributed by atoms with E-state index in [0.29, 0.717) is 5.69 Å². The van der Waals surface area contributed by atoms with Crippen LogP contribution in [0.1, 0.15) is 52.0 Å². The SMILES string of the molecule is COC(=O)c1c(-c2c(F)cc(C(=O)OC(C)(C)C)cc2F)nn(-c2ccccc2)c1C(=O)OC. The maximum atomic E-state index is 15.2. The molecule has 0 radical (unpaired) electrons. The van der Waals surface area contributed by atoms with Crippen LogP contribution in [0, 0.1) is 11.6 Å². The van der Waals surface area contributed by atoms with E-state index in [1.165, 1.54) is 0 Å². The zero-order chi connectivity index (χ0) is 25.2. The molecule has 0 aliphatic rings. The number of hydrogen-bond donors (Lipinski definition) is 0. The molecule has 0 N–H and O–H groups in total. The Morgan fingerprint density at radius 2 is 1.44 bits per heavy atom. The summed E-state index contributed by atoms with van der Waals surface area (Å²) in [5, 5.41) is 4.16. The molecule has 0 atom stereocenters. The van der Waals surface area contributed by atoms with Crippen molar-refractivity contribution in [2.24, 2.45) is 0 Å². The molecule has 0 saturated heterocycles. The molecule has 10 heteroatoms. The Balaban J connectivity index is 2.29. The zero-order valence-corrected chi connectivity index (χ0v) is 19.1. The fraction of sp³-hybridized carbons (Fsp3) is 0.250. The van der Waals surface area contributed by atoms with Crippen molar-refractivity contribution in [3.8, 4) is 16.9 Å². The zero-order valence-electron chi connectivity index (χ0n) is 19.1. The number of carbonyl (C=O) groups is 3. The molecule has 0 unspecified atom stereocenters. The fourth-order valence-electron chi connectivity index (χ4n) is 3.18. The van der Waals surface area contributed by atoms with Crippen molar-refractivity contribution in [2.45, 2.75) is 26.4 Å². The molecule has 0 spiro atoms. The Bertz CT molecular complexity index is 1240. The Labute approximate surface area is 194 Å². The highest BCUT2D eigenvalue weighted by atomic mass is 19.1. The van der Waals surface area contributed by atoms with E-state index in [-0.39, 0.29) is 11.3 Å². The smallest absolute Gasteiger partial charge is 0.357 e. The lowest BCUT2D eigenvalue weighted by atomic mass is 10.0. The minimum atomic E-state index is -1.19. The fourth-order valence-corrected chi connectivity index (χ4v) is 3.18. The van der Waals surface area contributed by atoms with E-state index < -0.39 is 52.0 Å². The van der Waals surface area contributed by atoms with Crippen LogP contribution < -0.4 is 0 Å². The number of nitrogens with zero attached hydrogens (tertiary/aromatic N) is 2. The van der Waals surface area contributed by atoms with Crippen LogP contribution >= 0.6 is 0 Å². The van der Waals surface area contributed by atoms with Gasteiger partial charge in [-0.3, -0.25) is 0 Å². The van der Waals surface area contributed by atoms with E-state index in [1.54, 1.807) is 51.1 Å². The van der Waals surface area contributed by atoms with Gasteiger partial charge in [0.2, 0.25) is 0 Å². The molecule has 1 aromatic heterocycles. The lowest BCUT2D eigenvalue weighted by Crippen LogP contribution is -2.24. The summed E-state index contributed by atoms with van der Waals surface area (Å²) in [5.74, 6) is -5.36. The van der Waals surface area contributed by atoms with Crippen LogP contribution in [0.5, 0.6) is 0 Å². The van der Waals surface area contributed by atoms with Gasteiger partial charge >= 0.3 is 17.9 Å². The molecule has 1 heterocycles. The molecule has 3 aromatic rings. The van der Waals surface area contributed by atoms with Crippen LogP contribution in [0.15, 0.2) is 42.5 Å². The molecular formula is C24H22F2N2O6. The molecule has 0 bridgehead atoms. The number of methoxy groups -OCH3 is 2. The van der Waals surface area contributed by atoms with E-state index in [0.717, 1.165) is 31.0 Å². The number of esters is 3. The number of para-hydroxylation sites is 1. The van der Waals surface area contributed by atoms with Crippen molar-refractivity contribution in [1.29, 1.82) is 0 Å². The van der Waals surface area contributed by atoms with Crippen molar-refractivity contribution in [1.82, 2.24) is 9.78 Å². The number of halogens is 2. The van der Waals surface area contributed by atoms with Gasteiger partial charge in [0, 0.05) is 0 Å². The summed E-state index contributed by atoms with van der Waals surface area (Å²) in [6.45, 7) is 4.83. The summed E-state index contributed by atoms with van der Waals surface area (Å²) in [4.78, 5) is 37.5. The van der Waals surface area contributed by atoms with Crippen molar-refractivity contribution >= 4 is 17.9 Å². The van der Waals surface area contributed by atoms with E-state index in [9.17, 15) is 14.4 Å². The molecule has 178 valence electrons. The summed E-state index contributed by atoms with van der Waals surface area (Å²) in [6, 6.07) is 9.69. The van der Waals surface area contributed by atoms with Gasteiger partial charge < -0.3 is 14.2 Å². The predicted octanol–water partition coefficient (Wildman–Crippen LogP) is 4.35. The highest BCUT2D eigenvalue weighted by Gasteiger charge is 2.34. The second-order valence-electron chi connectivity index (χ2n) is 8.12. The summed E-state index contributed by atoms with van der Waals surface area (Å²) < 4.78 is 46.1. The Morgan fingerprint density at radius 1 is 0.882 bits per heavy atom. The van der Waals surface area contributed by atoms with Gasteiger partial charge in [-0.2, -0.15) is 5.10 Å². The number of rotatable bonds is 5. The maximum absolute atomic E-state index is 15.2. The van der Waals surface area contributed by atoms with Crippen LogP contribution in [0.25, 0.3) is 16.9 Å². The molecular weight excluding hydrogens is 450 g/mol. The molecule has 8 nitrogen and oxygen atoms in total. The largest absolute Gasteiger partial charge is 0.465 e. The lowest BCUT2D eigenvalue weighted by Gasteiger charge is -2.19. The van der Waals surface area contributed by atoms with Crippen molar-refractivity contribution < 1.29 is 37.4 Å². The van der Waals surface area contributed by atoms with Crippen molar-refractivity contribution in [2.75, 3.05) is 14.2 Å². The average molecular weight is 472 g/mol. The number of hydrogen-bond acceptors (Lipinski definition) is 7. The van der Waals surface area contributed by atoms with Gasteiger partial charge in [0.1, 0.15) is 28.5 Å². The minimum absolute atomic E-state index is 0.325. The summed E-state index contributed by atoms with van der Waals surface area (Å²) in [5.41, 5.74) is -3.04. The van der Waals surface area contributed by atoms with Crippen LogP contribution in [-0.2, 0) is 14.2 Å². The van der Waals surface area contributed by atoms with Gasteiger partial charge in [-0.1, -0.05) is 18.2 Å². The second kappa shape index (κ2) is 9.42. The van der Waals surface area contributed by atoms with Gasteiger partial charge in [-0.15, -0.1) is 0 Å². The van der Waals surface area contributed by atoms with E-state index in [4.69, 9.17) is 14.2 Å². The Hall–Kier alpha value is -4.08. The average Bonchev–Trinajstić information content (AvgIpc) is 3.17. The van der Waals surface area contributed by atoms with Gasteiger partial charge in [0.25, 0.3) is 0 Å². The third-order valence-corrected chi connectivity index (χ3v) is 4.57. The molecule has 0 amide bonds. The van der Waals surface area contributed by atoms with Crippen molar-refractivity contribution in [3.63, 3.8) is 0 Å². The highest BCUT2D eigenvalue weighted by Crippen LogP contribution is 2.33. The summed E-state index contributed by atoms with van der Waals surface area (Å²) in [6.07, 6.45) is 0. The topological polar surface area (TPSA) is 96.7 Å². The molecule has 0 fully saturated rings. The van der Waals surface area contributed by atoms with Crippen LogP contribution in [0.3, 0.4) is 0 Å². The van der Waals surface area contributed by atoms with Gasteiger partial charge in [0.05, 0.1) is 31.0 Å². The van der Waals surface area contributed by atoms with Crippen molar-refractivity contribution in [3.05, 3.63) is 70.9 Å². The third-order valence-electron chi connectivity index (χ3n) is 4.57. The predicted molar refractivity (Wildman–Crippen MR) is 117 cm³/mol. The van der Waals surface area contributed by atoms with E-state index in [1.807, 2.05) is 0 Å². The first-order chi connectivity index (χ1) is 16.0. The molecule has 2 aromatic carbocycles. The lowest BCUT2D eigenvalue weighted by molar-refractivity contribution is 0.00681. The van der Waals surface area contributed by atoms with Gasteiger partial charge in [-0.05, 0) is 45.0 Å². The van der Waals surface area contributed by atoms with Crippen LogP contribution in [0.4, 0.5) is 8.78 Å². The summed E-state index contributed by atoms with van der Waals surface area (Å²) in [7, 11) is 2.13. The molecule has 0 aliphatic heterocycles.